The van der Waals surface area contributed by atoms with Crippen LogP contribution in [0.2, 0.25) is 0 Å². The zero-order valence-corrected chi connectivity index (χ0v) is 16.6. The summed E-state index contributed by atoms with van der Waals surface area (Å²) in [6.07, 6.45) is 4.74. The Morgan fingerprint density at radius 1 is 1.07 bits per heavy atom. The van der Waals surface area contributed by atoms with Crippen molar-refractivity contribution in [2.75, 3.05) is 21.3 Å². The van der Waals surface area contributed by atoms with Crippen LogP contribution in [0.1, 0.15) is 23.2 Å². The molecule has 2 aromatic heterocycles. The molecule has 10 heteroatoms. The highest BCUT2D eigenvalue weighted by Gasteiger charge is 2.23. The van der Waals surface area contributed by atoms with Gasteiger partial charge in [-0.05, 0) is 43.6 Å². The normalized spacial score (nSPS) is 13.1. The number of hydrogen-bond acceptors (Lipinski definition) is 7. The number of benzene rings is 1. The molecular weight excluding hydrogens is 380 g/mol. The molecule has 9 nitrogen and oxygen atoms in total. The summed E-state index contributed by atoms with van der Waals surface area (Å²) in [6, 6.07) is 3.61. The maximum absolute atomic E-state index is 5.39. The lowest BCUT2D eigenvalue weighted by Gasteiger charge is -2.12. The molecule has 1 aliphatic rings. The average molecular weight is 400 g/mol. The molecule has 0 radical (unpaired) electrons. The maximum atomic E-state index is 5.39. The Hall–Kier alpha value is -3.14. The molecular formula is C18H20N6O3S. The van der Waals surface area contributed by atoms with E-state index in [0.29, 0.717) is 27.8 Å². The van der Waals surface area contributed by atoms with Gasteiger partial charge in [0.15, 0.2) is 11.5 Å². The lowest BCUT2D eigenvalue weighted by molar-refractivity contribution is 0.324. The molecule has 0 atom stereocenters. The van der Waals surface area contributed by atoms with Gasteiger partial charge in [0.2, 0.25) is 16.3 Å². The molecule has 1 aromatic carbocycles. The van der Waals surface area contributed by atoms with E-state index in [2.05, 4.69) is 25.5 Å². The molecule has 2 N–H and O–H groups in total. The lowest BCUT2D eigenvalue weighted by atomic mass is 10.2. The molecule has 1 aliphatic carbocycles. The highest BCUT2D eigenvalue weighted by Crippen LogP contribution is 2.37. The van der Waals surface area contributed by atoms with Gasteiger partial charge in [0, 0.05) is 16.8 Å². The summed E-state index contributed by atoms with van der Waals surface area (Å²) in [7, 11) is 4.70. The first kappa shape index (κ1) is 18.2. The number of aromatic amines is 2. The Bertz CT molecular complexity index is 1070. The van der Waals surface area contributed by atoms with Crippen molar-refractivity contribution in [3.05, 3.63) is 33.7 Å². The fourth-order valence-electron chi connectivity index (χ4n) is 3.36. The third kappa shape index (κ3) is 3.05. The number of aryl methyl sites for hydroxylation is 1. The van der Waals surface area contributed by atoms with Gasteiger partial charge in [0.25, 0.3) is 0 Å². The van der Waals surface area contributed by atoms with Crippen LogP contribution in [0.15, 0.2) is 17.2 Å². The molecule has 0 bridgehead atoms. The monoisotopic (exact) mass is 400 g/mol. The number of hydrogen-bond donors (Lipinski definition) is 2. The SMILES string of the molecule is COc1cc(C=Nn2c(-c3n[nH]c4c3CCC4)n[nH]c2=S)cc(OC)c1OC. The number of aromatic nitrogens is 5. The Morgan fingerprint density at radius 3 is 2.50 bits per heavy atom. The summed E-state index contributed by atoms with van der Waals surface area (Å²) in [5.41, 5.74) is 3.88. The minimum absolute atomic E-state index is 0.383. The van der Waals surface area contributed by atoms with Crippen LogP contribution in [0.3, 0.4) is 0 Å². The highest BCUT2D eigenvalue weighted by molar-refractivity contribution is 7.71. The Balaban J connectivity index is 1.73. The van der Waals surface area contributed by atoms with Gasteiger partial charge in [0.1, 0.15) is 5.69 Å². The largest absolute Gasteiger partial charge is 0.493 e. The summed E-state index contributed by atoms with van der Waals surface area (Å²) < 4.78 is 18.1. The lowest BCUT2D eigenvalue weighted by Crippen LogP contribution is -1.99. The summed E-state index contributed by atoms with van der Waals surface area (Å²) in [4.78, 5) is 0. The van der Waals surface area contributed by atoms with E-state index in [1.807, 2.05) is 0 Å². The minimum Gasteiger partial charge on any atom is -0.493 e. The van der Waals surface area contributed by atoms with E-state index < -0.39 is 0 Å². The molecule has 4 rings (SSSR count). The molecule has 0 saturated heterocycles. The first-order valence-electron chi connectivity index (χ1n) is 8.74. The van der Waals surface area contributed by atoms with Crippen molar-refractivity contribution in [1.82, 2.24) is 25.1 Å². The second-order valence-corrected chi connectivity index (χ2v) is 6.64. The van der Waals surface area contributed by atoms with Crippen molar-refractivity contribution in [2.45, 2.75) is 19.3 Å². The van der Waals surface area contributed by atoms with E-state index >= 15 is 0 Å². The van der Waals surface area contributed by atoms with Crippen molar-refractivity contribution in [2.24, 2.45) is 5.10 Å². The third-order valence-electron chi connectivity index (χ3n) is 4.68. The van der Waals surface area contributed by atoms with Gasteiger partial charge in [-0.25, -0.2) is 5.10 Å². The fraction of sp³-hybridized carbons (Fsp3) is 0.333. The summed E-state index contributed by atoms with van der Waals surface area (Å²) in [5.74, 6) is 2.19. The van der Waals surface area contributed by atoms with Gasteiger partial charge in [-0.2, -0.15) is 20.0 Å². The van der Waals surface area contributed by atoms with Crippen molar-refractivity contribution in [3.8, 4) is 28.8 Å². The number of nitrogens with zero attached hydrogens (tertiary/aromatic N) is 4. The van der Waals surface area contributed by atoms with E-state index in [-0.39, 0.29) is 0 Å². The van der Waals surface area contributed by atoms with E-state index in [4.69, 9.17) is 26.4 Å². The summed E-state index contributed by atoms with van der Waals surface area (Å²) in [6.45, 7) is 0. The number of ether oxygens (including phenoxy) is 3. The first-order chi connectivity index (χ1) is 13.7. The van der Waals surface area contributed by atoms with Crippen LogP contribution in [0.5, 0.6) is 17.2 Å². The fourth-order valence-corrected chi connectivity index (χ4v) is 3.54. The molecule has 2 heterocycles. The van der Waals surface area contributed by atoms with Crippen LogP contribution >= 0.6 is 12.2 Å². The van der Waals surface area contributed by atoms with Crippen molar-refractivity contribution >= 4 is 18.4 Å². The standard InChI is InChI=1S/C18H20N6O3S/c1-25-13-7-10(8-14(26-2)16(13)27-3)9-19-24-17(22-23-18(24)28)15-11-5-4-6-12(11)20-21-15/h7-9H,4-6H2,1-3H3,(H,20,21)(H,23,28). The topological polar surface area (TPSA) is 102 Å². The second-order valence-electron chi connectivity index (χ2n) is 6.25. The molecule has 0 aliphatic heterocycles. The number of fused-ring (bicyclic) bond motifs is 1. The molecule has 0 saturated carbocycles. The van der Waals surface area contributed by atoms with Crippen molar-refractivity contribution < 1.29 is 14.2 Å². The van der Waals surface area contributed by atoms with Crippen molar-refractivity contribution in [1.29, 1.82) is 0 Å². The maximum Gasteiger partial charge on any atom is 0.216 e. The van der Waals surface area contributed by atoms with Crippen LogP contribution in [0, 0.1) is 4.77 Å². The summed E-state index contributed by atoms with van der Waals surface area (Å²) >= 11 is 5.35. The van der Waals surface area contributed by atoms with E-state index in [1.165, 1.54) is 5.56 Å². The number of methoxy groups -OCH3 is 3. The first-order valence-corrected chi connectivity index (χ1v) is 9.15. The average Bonchev–Trinajstić information content (AvgIpc) is 3.41. The predicted octanol–water partition coefficient (Wildman–Crippen LogP) is 2.73. The molecule has 0 amide bonds. The summed E-state index contributed by atoms with van der Waals surface area (Å²) in [5, 5.41) is 19.1. The number of nitrogens with one attached hydrogen (secondary N) is 2. The molecule has 0 fully saturated rings. The van der Waals surface area contributed by atoms with Gasteiger partial charge >= 0.3 is 0 Å². The zero-order valence-electron chi connectivity index (χ0n) is 15.8. The Labute approximate surface area is 166 Å². The van der Waals surface area contributed by atoms with Gasteiger partial charge in [-0.1, -0.05) is 0 Å². The van der Waals surface area contributed by atoms with Crippen LogP contribution in [-0.4, -0.2) is 52.6 Å². The van der Waals surface area contributed by atoms with Gasteiger partial charge in [-0.3, -0.25) is 5.10 Å². The van der Waals surface area contributed by atoms with Crippen LogP contribution in [0.4, 0.5) is 0 Å². The molecule has 3 aromatic rings. The molecule has 146 valence electrons. The third-order valence-corrected chi connectivity index (χ3v) is 4.94. The quantitative estimate of drug-likeness (QED) is 0.487. The van der Waals surface area contributed by atoms with E-state index in [0.717, 1.165) is 36.2 Å². The highest BCUT2D eigenvalue weighted by atomic mass is 32.1. The van der Waals surface area contributed by atoms with E-state index in [9.17, 15) is 0 Å². The van der Waals surface area contributed by atoms with Crippen molar-refractivity contribution in [3.63, 3.8) is 0 Å². The zero-order chi connectivity index (χ0) is 19.7. The Morgan fingerprint density at radius 2 is 1.82 bits per heavy atom. The van der Waals surface area contributed by atoms with E-state index in [1.54, 1.807) is 44.4 Å². The minimum atomic E-state index is 0.383. The number of H-pyrrole nitrogens is 2. The molecule has 0 unspecified atom stereocenters. The van der Waals surface area contributed by atoms with Gasteiger partial charge in [-0.15, -0.1) is 0 Å². The van der Waals surface area contributed by atoms with Gasteiger partial charge in [0.05, 0.1) is 27.5 Å². The van der Waals surface area contributed by atoms with Crippen LogP contribution < -0.4 is 14.2 Å². The number of rotatable bonds is 6. The predicted molar refractivity (Wildman–Crippen MR) is 106 cm³/mol. The van der Waals surface area contributed by atoms with Crippen LogP contribution in [0.25, 0.3) is 11.5 Å². The smallest absolute Gasteiger partial charge is 0.216 e. The Kier molecular flexibility index (Phi) is 4.86. The van der Waals surface area contributed by atoms with Gasteiger partial charge < -0.3 is 14.2 Å². The molecule has 0 spiro atoms. The molecule has 28 heavy (non-hydrogen) atoms. The van der Waals surface area contributed by atoms with Crippen LogP contribution in [-0.2, 0) is 12.8 Å². The second kappa shape index (κ2) is 7.47.